The molecule has 2 heterocycles. The van der Waals surface area contributed by atoms with Crippen LogP contribution in [-0.4, -0.2) is 58.9 Å². The maximum Gasteiger partial charge on any atom is 0.407 e. The molecule has 1 aromatic carbocycles. The van der Waals surface area contributed by atoms with E-state index in [1.165, 1.54) is 12.1 Å². The number of alkyl halides is 3. The van der Waals surface area contributed by atoms with Gasteiger partial charge in [-0.2, -0.15) is 23.5 Å². The third-order valence-electron chi connectivity index (χ3n) is 7.12. The predicted octanol–water partition coefficient (Wildman–Crippen LogP) is 4.02. The number of nitrogens with zero attached hydrogens (tertiary/aromatic N) is 5. The predicted molar refractivity (Wildman–Crippen MR) is 140 cm³/mol. The highest BCUT2D eigenvalue weighted by molar-refractivity contribution is 5.97. The molecule has 2 aliphatic rings. The second-order valence-corrected chi connectivity index (χ2v) is 10.1. The van der Waals surface area contributed by atoms with Gasteiger partial charge in [0.1, 0.15) is 12.4 Å². The smallest absolute Gasteiger partial charge is 0.398 e. The van der Waals surface area contributed by atoms with Crippen molar-refractivity contribution in [1.29, 1.82) is 5.26 Å². The first-order chi connectivity index (χ1) is 19.0. The number of allylic oxidation sites excluding steroid dienone is 1. The molecule has 13 heteroatoms. The summed E-state index contributed by atoms with van der Waals surface area (Å²) in [5.74, 6) is -0.626. The molecule has 1 aromatic heterocycles. The minimum atomic E-state index is -4.43. The summed E-state index contributed by atoms with van der Waals surface area (Å²) in [5, 5.41) is 16.8. The van der Waals surface area contributed by atoms with E-state index in [-0.39, 0.29) is 40.9 Å². The topological polar surface area (TPSA) is 129 Å². The van der Waals surface area contributed by atoms with Gasteiger partial charge in [-0.05, 0) is 49.5 Å². The third-order valence-corrected chi connectivity index (χ3v) is 7.12. The van der Waals surface area contributed by atoms with Crippen molar-refractivity contribution in [3.63, 3.8) is 0 Å². The van der Waals surface area contributed by atoms with E-state index in [1.807, 2.05) is 0 Å². The first kappa shape index (κ1) is 28.9. The molecular formula is C27H29F4N7O2. The van der Waals surface area contributed by atoms with Gasteiger partial charge in [-0.25, -0.2) is 4.39 Å². The molecule has 1 saturated carbocycles. The highest BCUT2D eigenvalue weighted by Crippen LogP contribution is 2.36. The fourth-order valence-electron chi connectivity index (χ4n) is 4.67. The number of nitrogens with two attached hydrogens (primary N) is 1. The van der Waals surface area contributed by atoms with E-state index in [0.29, 0.717) is 44.3 Å². The molecule has 3 N–H and O–H groups in total. The number of carbonyl (C=O) groups excluding carboxylic acids is 2. The van der Waals surface area contributed by atoms with Crippen LogP contribution in [0, 0.1) is 23.1 Å². The molecule has 1 saturated heterocycles. The summed E-state index contributed by atoms with van der Waals surface area (Å²) in [6.07, 6.45) is 2.69. The zero-order valence-electron chi connectivity index (χ0n) is 21.6. The van der Waals surface area contributed by atoms with Crippen LogP contribution in [0.5, 0.6) is 0 Å². The molecule has 4 rings (SSSR count). The fraction of sp³-hybridized carbons (Fsp3) is 0.444. The number of halogens is 4. The lowest BCUT2D eigenvalue weighted by Crippen LogP contribution is -2.46. The van der Waals surface area contributed by atoms with E-state index in [4.69, 9.17) is 5.73 Å². The normalized spacial score (nSPS) is 18.0. The molecule has 0 atom stereocenters. The number of aldehydes is 1. The van der Waals surface area contributed by atoms with Crippen molar-refractivity contribution < 1.29 is 27.2 Å². The monoisotopic (exact) mass is 559 g/mol. The number of anilines is 1. The van der Waals surface area contributed by atoms with Crippen LogP contribution in [0.15, 0.2) is 35.5 Å². The van der Waals surface area contributed by atoms with Crippen LogP contribution in [0.4, 0.5) is 23.4 Å². The Kier molecular flexibility index (Phi) is 8.68. The lowest BCUT2D eigenvalue weighted by molar-refractivity contribution is -0.118. The van der Waals surface area contributed by atoms with Gasteiger partial charge in [-0.3, -0.25) is 24.2 Å². The van der Waals surface area contributed by atoms with Crippen molar-refractivity contribution in [2.24, 2.45) is 16.6 Å². The number of hydrogen-bond donors (Lipinski definition) is 2. The number of aliphatic imine (C=N–C) groups is 1. The number of nitrogens with one attached hydrogen (secondary N) is 1. The Morgan fingerprint density at radius 2 is 2.02 bits per heavy atom. The Hall–Kier alpha value is -4.05. The summed E-state index contributed by atoms with van der Waals surface area (Å²) in [5.41, 5.74) is 6.11. The van der Waals surface area contributed by atoms with Gasteiger partial charge < -0.3 is 11.1 Å². The van der Waals surface area contributed by atoms with Crippen LogP contribution >= 0.6 is 0 Å². The minimum Gasteiger partial charge on any atom is -0.398 e. The SMILES string of the molecule is N#CCC1(n2cc(C=O)c(NC(=O)C3CC3)n2)CCN(Cc2ccc(C(N)=CC=NCC(F)(F)F)c(F)c2)CC1. The molecule has 1 aliphatic heterocycles. The fourth-order valence-corrected chi connectivity index (χ4v) is 4.67. The zero-order chi connectivity index (χ0) is 28.9. The molecule has 0 bridgehead atoms. The van der Waals surface area contributed by atoms with Gasteiger partial charge in [-0.1, -0.05) is 6.07 Å². The lowest BCUT2D eigenvalue weighted by atomic mass is 9.84. The molecule has 0 spiro atoms. The number of carbonyl (C=O) groups is 2. The number of likely N-dealkylation sites (tertiary alicyclic amines) is 1. The standard InChI is InChI=1S/C27H29F4N7O2/c28-22-13-18(1-4-21(22)23(33)5-10-34-17-27(29,30)31)14-37-11-7-26(6-9-32,8-12-37)38-15-20(16-39)24(36-38)35-25(40)19-2-3-19/h1,4-5,10,13,15-16,19H,2-3,6-8,11-12,14,17,33H2,(H,35,36,40). The minimum absolute atomic E-state index is 0.0455. The van der Waals surface area contributed by atoms with Crippen molar-refractivity contribution in [1.82, 2.24) is 14.7 Å². The van der Waals surface area contributed by atoms with Gasteiger partial charge >= 0.3 is 6.18 Å². The average Bonchev–Trinajstić information content (AvgIpc) is 3.68. The summed E-state index contributed by atoms with van der Waals surface area (Å²) in [7, 11) is 0. The van der Waals surface area contributed by atoms with Crippen molar-refractivity contribution in [3.8, 4) is 6.07 Å². The molecule has 9 nitrogen and oxygen atoms in total. The molecule has 212 valence electrons. The van der Waals surface area contributed by atoms with Crippen molar-refractivity contribution in [2.45, 2.75) is 50.4 Å². The van der Waals surface area contributed by atoms with E-state index in [9.17, 15) is 32.4 Å². The summed E-state index contributed by atoms with van der Waals surface area (Å²) < 4.78 is 53.0. The van der Waals surface area contributed by atoms with E-state index in [2.05, 4.69) is 26.4 Å². The molecule has 40 heavy (non-hydrogen) atoms. The summed E-state index contributed by atoms with van der Waals surface area (Å²) >= 11 is 0. The van der Waals surface area contributed by atoms with E-state index in [0.717, 1.165) is 25.1 Å². The summed E-state index contributed by atoms with van der Waals surface area (Å²) in [4.78, 5) is 29.2. The van der Waals surface area contributed by atoms with Crippen LogP contribution in [0.25, 0.3) is 5.70 Å². The molecule has 2 fully saturated rings. The number of hydrogen-bond acceptors (Lipinski definition) is 7. The molecule has 1 amide bonds. The summed E-state index contributed by atoms with van der Waals surface area (Å²) in [6.45, 7) is 0.226. The van der Waals surface area contributed by atoms with Crippen LogP contribution in [0.3, 0.4) is 0 Å². The van der Waals surface area contributed by atoms with Crippen LogP contribution < -0.4 is 11.1 Å². The van der Waals surface area contributed by atoms with Gasteiger partial charge in [0.2, 0.25) is 5.91 Å². The number of benzene rings is 1. The van der Waals surface area contributed by atoms with Crippen LogP contribution in [0.1, 0.15) is 53.6 Å². The summed E-state index contributed by atoms with van der Waals surface area (Å²) in [6, 6.07) is 6.72. The number of aromatic nitrogens is 2. The number of amides is 1. The molecule has 1 aliphatic carbocycles. The van der Waals surface area contributed by atoms with Gasteiger partial charge in [0.25, 0.3) is 0 Å². The Morgan fingerprint density at radius 3 is 2.62 bits per heavy atom. The van der Waals surface area contributed by atoms with E-state index < -0.39 is 24.1 Å². The third kappa shape index (κ3) is 7.12. The number of nitriles is 1. The van der Waals surface area contributed by atoms with Gasteiger partial charge in [-0.15, -0.1) is 0 Å². The molecule has 0 radical (unpaired) electrons. The maximum atomic E-state index is 14.7. The van der Waals surface area contributed by atoms with Gasteiger partial charge in [0.05, 0.1) is 23.6 Å². The molecular weight excluding hydrogens is 530 g/mol. The second-order valence-electron chi connectivity index (χ2n) is 10.1. The van der Waals surface area contributed by atoms with Crippen molar-refractivity contribution >= 4 is 29.9 Å². The molecule has 2 aromatic rings. The quantitative estimate of drug-likeness (QED) is 0.257. The number of rotatable bonds is 10. The van der Waals surface area contributed by atoms with Crippen molar-refractivity contribution in [2.75, 3.05) is 25.0 Å². The van der Waals surface area contributed by atoms with Gasteiger partial charge in [0, 0.05) is 49.2 Å². The average molecular weight is 560 g/mol. The number of piperidine rings is 1. The van der Waals surface area contributed by atoms with Gasteiger partial charge in [0.15, 0.2) is 12.1 Å². The van der Waals surface area contributed by atoms with Crippen LogP contribution in [0.2, 0.25) is 0 Å². The lowest BCUT2D eigenvalue weighted by Gasteiger charge is -2.40. The second kappa shape index (κ2) is 12.0. The van der Waals surface area contributed by atoms with E-state index in [1.54, 1.807) is 16.9 Å². The molecule has 0 unspecified atom stereocenters. The Morgan fingerprint density at radius 1 is 1.30 bits per heavy atom. The highest BCUT2D eigenvalue weighted by atomic mass is 19.4. The maximum absolute atomic E-state index is 14.7. The first-order valence-corrected chi connectivity index (χ1v) is 12.8. The highest BCUT2D eigenvalue weighted by Gasteiger charge is 2.38. The largest absolute Gasteiger partial charge is 0.407 e. The Labute approximate surface area is 228 Å². The van der Waals surface area contributed by atoms with Crippen molar-refractivity contribution in [3.05, 3.63) is 53.0 Å². The zero-order valence-corrected chi connectivity index (χ0v) is 21.6. The van der Waals surface area contributed by atoms with Crippen LogP contribution in [-0.2, 0) is 16.9 Å². The first-order valence-electron chi connectivity index (χ1n) is 12.8. The Bertz CT molecular complexity index is 1350. The van der Waals surface area contributed by atoms with E-state index >= 15 is 0 Å². The Balaban J connectivity index is 1.40.